The molecule has 0 bridgehead atoms. The van der Waals surface area contributed by atoms with Crippen LogP contribution in [0, 0.1) is 13.8 Å². The summed E-state index contributed by atoms with van der Waals surface area (Å²) in [6, 6.07) is 8.30. The zero-order chi connectivity index (χ0) is 15.6. The van der Waals surface area contributed by atoms with Crippen molar-refractivity contribution in [2.24, 2.45) is 7.05 Å². The van der Waals surface area contributed by atoms with Gasteiger partial charge in [0.15, 0.2) is 0 Å². The van der Waals surface area contributed by atoms with E-state index in [1.165, 1.54) is 4.90 Å². The van der Waals surface area contributed by atoms with Gasteiger partial charge in [-0.15, -0.1) is 11.8 Å². The van der Waals surface area contributed by atoms with Crippen LogP contribution in [-0.2, 0) is 13.6 Å². The van der Waals surface area contributed by atoms with Gasteiger partial charge >= 0.3 is 0 Å². The van der Waals surface area contributed by atoms with Gasteiger partial charge in [-0.05, 0) is 37.8 Å². The number of amides is 1. The Morgan fingerprint density at radius 3 is 2.38 bits per heavy atom. The molecule has 1 aromatic carbocycles. The van der Waals surface area contributed by atoms with Crippen molar-refractivity contribution in [2.45, 2.75) is 25.3 Å². The summed E-state index contributed by atoms with van der Waals surface area (Å²) in [6.07, 6.45) is 2.05. The summed E-state index contributed by atoms with van der Waals surface area (Å²) in [5.41, 5.74) is 3.52. The summed E-state index contributed by atoms with van der Waals surface area (Å²) in [7, 11) is 3.69. The van der Waals surface area contributed by atoms with Gasteiger partial charge in [-0.25, -0.2) is 0 Å². The van der Waals surface area contributed by atoms with Gasteiger partial charge in [0, 0.05) is 31.2 Å². The smallest absolute Gasteiger partial charge is 0.257 e. The summed E-state index contributed by atoms with van der Waals surface area (Å²) >= 11 is 1.71. The molecule has 0 N–H and O–H groups in total. The Labute approximate surface area is 130 Å². The molecule has 0 aliphatic carbocycles. The van der Waals surface area contributed by atoms with E-state index in [1.807, 2.05) is 27.9 Å². The molecule has 2 rings (SSSR count). The molecule has 21 heavy (non-hydrogen) atoms. The fourth-order valence-electron chi connectivity index (χ4n) is 2.35. The van der Waals surface area contributed by atoms with Crippen LogP contribution in [0.25, 0.3) is 0 Å². The minimum absolute atomic E-state index is 0.0204. The molecule has 1 heterocycles. The monoisotopic (exact) mass is 303 g/mol. The third-order valence-electron chi connectivity index (χ3n) is 3.65. The number of nitrogens with zero attached hydrogens (tertiary/aromatic N) is 3. The molecule has 0 saturated carbocycles. The standard InChI is InChI=1S/C16H21N3OS/c1-11-15(12(2)19(4)17-11)16(20)18(3)10-13-6-8-14(21-5)9-7-13/h6-9H,10H2,1-5H3. The minimum atomic E-state index is 0.0204. The number of benzene rings is 1. The van der Waals surface area contributed by atoms with E-state index >= 15 is 0 Å². The van der Waals surface area contributed by atoms with Crippen LogP contribution in [0.5, 0.6) is 0 Å². The van der Waals surface area contributed by atoms with Crippen molar-refractivity contribution in [1.82, 2.24) is 14.7 Å². The Bertz CT molecular complexity index is 646. The van der Waals surface area contributed by atoms with Crippen LogP contribution in [0.4, 0.5) is 0 Å². The molecule has 0 fully saturated rings. The van der Waals surface area contributed by atoms with Crippen LogP contribution in [0.2, 0.25) is 0 Å². The van der Waals surface area contributed by atoms with E-state index in [2.05, 4.69) is 35.6 Å². The lowest BCUT2D eigenvalue weighted by Crippen LogP contribution is -2.27. The highest BCUT2D eigenvalue weighted by Gasteiger charge is 2.20. The molecule has 1 amide bonds. The molecule has 2 aromatic rings. The van der Waals surface area contributed by atoms with Gasteiger partial charge in [0.2, 0.25) is 0 Å². The molecule has 0 spiro atoms. The maximum Gasteiger partial charge on any atom is 0.257 e. The SMILES string of the molecule is CSc1ccc(CN(C)C(=O)c2c(C)nn(C)c2C)cc1. The molecule has 0 unspecified atom stereocenters. The molecule has 1 aromatic heterocycles. The van der Waals surface area contributed by atoms with Crippen LogP contribution in [0.1, 0.15) is 27.3 Å². The minimum Gasteiger partial charge on any atom is -0.337 e. The first kappa shape index (κ1) is 15.6. The number of carbonyl (C=O) groups is 1. The fourth-order valence-corrected chi connectivity index (χ4v) is 2.76. The van der Waals surface area contributed by atoms with Gasteiger partial charge in [0.05, 0.1) is 11.3 Å². The predicted molar refractivity (Wildman–Crippen MR) is 86.7 cm³/mol. The maximum absolute atomic E-state index is 12.6. The summed E-state index contributed by atoms with van der Waals surface area (Å²) in [6.45, 7) is 4.40. The highest BCUT2D eigenvalue weighted by Crippen LogP contribution is 2.18. The number of aryl methyl sites for hydroxylation is 2. The van der Waals surface area contributed by atoms with E-state index in [4.69, 9.17) is 0 Å². The van der Waals surface area contributed by atoms with E-state index in [9.17, 15) is 4.79 Å². The van der Waals surface area contributed by atoms with Gasteiger partial charge in [-0.1, -0.05) is 12.1 Å². The van der Waals surface area contributed by atoms with E-state index in [0.29, 0.717) is 12.1 Å². The molecular formula is C16H21N3OS. The van der Waals surface area contributed by atoms with Crippen LogP contribution in [0.15, 0.2) is 29.2 Å². The third kappa shape index (κ3) is 3.29. The maximum atomic E-state index is 12.6. The van der Waals surface area contributed by atoms with Crippen molar-refractivity contribution in [3.8, 4) is 0 Å². The number of hydrogen-bond donors (Lipinski definition) is 0. The van der Waals surface area contributed by atoms with E-state index in [1.54, 1.807) is 21.3 Å². The average molecular weight is 303 g/mol. The van der Waals surface area contributed by atoms with E-state index < -0.39 is 0 Å². The molecule has 4 nitrogen and oxygen atoms in total. The topological polar surface area (TPSA) is 38.1 Å². The predicted octanol–water partition coefficient (Wildman–Crippen LogP) is 3.03. The quantitative estimate of drug-likeness (QED) is 0.815. The first-order valence-electron chi connectivity index (χ1n) is 6.82. The number of carbonyl (C=O) groups excluding carboxylic acids is 1. The second-order valence-corrected chi connectivity index (χ2v) is 6.06. The number of thioether (sulfide) groups is 1. The molecule has 0 aliphatic rings. The van der Waals surface area contributed by atoms with Gasteiger partial charge < -0.3 is 4.90 Å². The van der Waals surface area contributed by atoms with Gasteiger partial charge in [-0.3, -0.25) is 9.48 Å². The number of hydrogen-bond acceptors (Lipinski definition) is 3. The molecule has 112 valence electrons. The second-order valence-electron chi connectivity index (χ2n) is 5.18. The third-order valence-corrected chi connectivity index (χ3v) is 4.39. The molecule has 0 radical (unpaired) electrons. The van der Waals surface area contributed by atoms with E-state index in [0.717, 1.165) is 17.0 Å². The zero-order valence-corrected chi connectivity index (χ0v) is 14.0. The van der Waals surface area contributed by atoms with Gasteiger partial charge in [-0.2, -0.15) is 5.10 Å². The summed E-state index contributed by atoms with van der Waals surface area (Å²) in [4.78, 5) is 15.6. The molecule has 0 saturated heterocycles. The average Bonchev–Trinajstić information content (AvgIpc) is 2.72. The van der Waals surface area contributed by atoms with Crippen molar-refractivity contribution < 1.29 is 4.79 Å². The number of aromatic nitrogens is 2. The molecule has 0 atom stereocenters. The van der Waals surface area contributed by atoms with E-state index in [-0.39, 0.29) is 5.91 Å². The Morgan fingerprint density at radius 2 is 1.90 bits per heavy atom. The number of rotatable bonds is 4. The zero-order valence-electron chi connectivity index (χ0n) is 13.2. The Kier molecular flexibility index (Phi) is 4.73. The highest BCUT2D eigenvalue weighted by molar-refractivity contribution is 7.98. The van der Waals surface area contributed by atoms with Crippen molar-refractivity contribution in [3.63, 3.8) is 0 Å². The van der Waals surface area contributed by atoms with Crippen molar-refractivity contribution in [2.75, 3.05) is 13.3 Å². The van der Waals surface area contributed by atoms with Crippen LogP contribution >= 0.6 is 11.8 Å². The summed E-state index contributed by atoms with van der Waals surface area (Å²) < 4.78 is 1.75. The molecule has 5 heteroatoms. The molecular weight excluding hydrogens is 282 g/mol. The Morgan fingerprint density at radius 1 is 1.29 bits per heavy atom. The first-order chi connectivity index (χ1) is 9.93. The van der Waals surface area contributed by atoms with Crippen molar-refractivity contribution in [1.29, 1.82) is 0 Å². The van der Waals surface area contributed by atoms with Gasteiger partial charge in [0.25, 0.3) is 5.91 Å². The highest BCUT2D eigenvalue weighted by atomic mass is 32.2. The van der Waals surface area contributed by atoms with Crippen LogP contribution < -0.4 is 0 Å². The second kappa shape index (κ2) is 6.35. The van der Waals surface area contributed by atoms with Crippen LogP contribution in [0.3, 0.4) is 0 Å². The van der Waals surface area contributed by atoms with Crippen molar-refractivity contribution in [3.05, 3.63) is 46.8 Å². The lowest BCUT2D eigenvalue weighted by atomic mass is 10.1. The lowest BCUT2D eigenvalue weighted by Gasteiger charge is -2.17. The Balaban J connectivity index is 2.15. The fraction of sp³-hybridized carbons (Fsp3) is 0.375. The largest absolute Gasteiger partial charge is 0.337 e. The lowest BCUT2D eigenvalue weighted by molar-refractivity contribution is 0.0783. The normalized spacial score (nSPS) is 10.7. The Hall–Kier alpha value is -1.75. The molecule has 0 aliphatic heterocycles. The summed E-state index contributed by atoms with van der Waals surface area (Å²) in [5.74, 6) is 0.0204. The summed E-state index contributed by atoms with van der Waals surface area (Å²) in [5, 5.41) is 4.31. The van der Waals surface area contributed by atoms with Crippen LogP contribution in [-0.4, -0.2) is 33.9 Å². The first-order valence-corrected chi connectivity index (χ1v) is 8.05. The van der Waals surface area contributed by atoms with Crippen molar-refractivity contribution >= 4 is 17.7 Å². The van der Waals surface area contributed by atoms with Gasteiger partial charge in [0.1, 0.15) is 0 Å².